The number of hydrogen-bond donors (Lipinski definition) is 3. The molecule has 19 heavy (non-hydrogen) atoms. The van der Waals surface area contributed by atoms with Crippen LogP contribution in [0.5, 0.6) is 0 Å². The first kappa shape index (κ1) is 15.7. The lowest BCUT2D eigenvalue weighted by atomic mass is 10.2. The minimum absolute atomic E-state index is 0.254. The summed E-state index contributed by atoms with van der Waals surface area (Å²) in [4.78, 5) is 29.6. The van der Waals surface area contributed by atoms with E-state index in [4.69, 9.17) is 5.11 Å². The van der Waals surface area contributed by atoms with E-state index in [1.807, 2.05) is 0 Å². The van der Waals surface area contributed by atoms with E-state index in [9.17, 15) is 9.59 Å². The summed E-state index contributed by atoms with van der Waals surface area (Å²) in [5.74, 6) is -0.254. The highest BCUT2D eigenvalue weighted by Crippen LogP contribution is 2.17. The molecule has 1 atom stereocenters. The molecule has 1 amide bonds. The number of thioether (sulfide) groups is 1. The molecule has 6 nitrogen and oxygen atoms in total. The number of aryl methyl sites for hydroxylation is 1. The van der Waals surface area contributed by atoms with Gasteiger partial charge in [-0.1, -0.05) is 0 Å². The first-order chi connectivity index (χ1) is 8.95. The summed E-state index contributed by atoms with van der Waals surface area (Å²) in [5, 5.41) is 12.3. The number of nitrogens with zero attached hydrogens (tertiary/aromatic N) is 1. The number of H-pyrrole nitrogens is 1. The zero-order chi connectivity index (χ0) is 14.4. The third-order valence-corrected chi connectivity index (χ3v) is 3.27. The van der Waals surface area contributed by atoms with Crippen LogP contribution in [0, 0.1) is 6.92 Å². The van der Waals surface area contributed by atoms with Crippen LogP contribution < -0.4 is 11.0 Å². The van der Waals surface area contributed by atoms with E-state index in [1.165, 1.54) is 11.8 Å². The van der Waals surface area contributed by atoms with E-state index in [1.54, 1.807) is 20.1 Å². The van der Waals surface area contributed by atoms with Crippen molar-refractivity contribution >= 4 is 17.7 Å². The predicted molar refractivity (Wildman–Crippen MR) is 74.6 cm³/mol. The van der Waals surface area contributed by atoms with Gasteiger partial charge < -0.3 is 15.4 Å². The van der Waals surface area contributed by atoms with Crippen molar-refractivity contribution in [3.8, 4) is 0 Å². The first-order valence-electron chi connectivity index (χ1n) is 6.07. The molecule has 0 aliphatic heterocycles. The molecule has 0 aromatic carbocycles. The second-order valence-electron chi connectivity index (χ2n) is 4.30. The molecular weight excluding hydrogens is 266 g/mol. The second-order valence-corrected chi connectivity index (χ2v) is 5.09. The van der Waals surface area contributed by atoms with Crippen LogP contribution in [0.2, 0.25) is 0 Å². The largest absolute Gasteiger partial charge is 0.393 e. The Labute approximate surface area is 116 Å². The van der Waals surface area contributed by atoms with Gasteiger partial charge in [-0.25, -0.2) is 4.79 Å². The van der Waals surface area contributed by atoms with E-state index < -0.39 is 5.69 Å². The highest BCUT2D eigenvalue weighted by Gasteiger charge is 2.16. The van der Waals surface area contributed by atoms with Crippen LogP contribution >= 0.6 is 11.8 Å². The maximum atomic E-state index is 12.1. The molecule has 7 heteroatoms. The zero-order valence-electron chi connectivity index (χ0n) is 11.3. The van der Waals surface area contributed by atoms with Gasteiger partial charge in [0.2, 0.25) is 0 Å². The van der Waals surface area contributed by atoms with Crippen molar-refractivity contribution in [2.45, 2.75) is 37.8 Å². The van der Waals surface area contributed by atoms with Crippen molar-refractivity contribution in [2.75, 3.05) is 12.8 Å². The second kappa shape index (κ2) is 7.30. The Hall–Kier alpha value is -1.34. The number of nitrogens with one attached hydrogen (secondary N) is 2. The third-order valence-electron chi connectivity index (χ3n) is 2.59. The van der Waals surface area contributed by atoms with Crippen molar-refractivity contribution in [2.24, 2.45) is 0 Å². The molecule has 0 saturated carbocycles. The quantitative estimate of drug-likeness (QED) is 0.406. The van der Waals surface area contributed by atoms with Crippen molar-refractivity contribution in [1.29, 1.82) is 0 Å². The lowest BCUT2D eigenvalue weighted by Gasteiger charge is -2.10. The summed E-state index contributed by atoms with van der Waals surface area (Å²) in [6.45, 7) is 3.87. The molecule has 0 spiro atoms. The Morgan fingerprint density at radius 2 is 2.26 bits per heavy atom. The monoisotopic (exact) mass is 285 g/mol. The summed E-state index contributed by atoms with van der Waals surface area (Å²) in [6, 6.07) is 0. The van der Waals surface area contributed by atoms with Crippen molar-refractivity contribution in [3.63, 3.8) is 0 Å². The molecule has 0 radical (unpaired) electrons. The number of amides is 1. The molecule has 1 aromatic rings. The molecule has 106 valence electrons. The number of aliphatic hydroxyl groups is 1. The molecular formula is C12H19N3O3S. The SMILES string of the molecule is CSc1nc(=O)[nH]c(C)c1C(=O)NCCCC(C)O. The van der Waals surface area contributed by atoms with Gasteiger partial charge in [0, 0.05) is 12.2 Å². The molecule has 0 fully saturated rings. The van der Waals surface area contributed by atoms with Crippen LogP contribution in [0.3, 0.4) is 0 Å². The van der Waals surface area contributed by atoms with Gasteiger partial charge in [0.25, 0.3) is 5.91 Å². The number of aromatic amines is 1. The fourth-order valence-electron chi connectivity index (χ4n) is 1.66. The van der Waals surface area contributed by atoms with Gasteiger partial charge in [0.15, 0.2) is 0 Å². The lowest BCUT2D eigenvalue weighted by molar-refractivity contribution is 0.0944. The molecule has 0 aliphatic rings. The number of carbonyl (C=O) groups excluding carboxylic acids is 1. The molecule has 0 bridgehead atoms. The molecule has 1 rings (SSSR count). The Kier molecular flexibility index (Phi) is 6.04. The Morgan fingerprint density at radius 1 is 1.58 bits per heavy atom. The molecule has 1 unspecified atom stereocenters. The number of rotatable bonds is 6. The molecule has 0 aliphatic carbocycles. The summed E-state index contributed by atoms with van der Waals surface area (Å²) < 4.78 is 0. The van der Waals surface area contributed by atoms with Crippen LogP contribution in [-0.4, -0.2) is 39.9 Å². The molecule has 0 saturated heterocycles. The van der Waals surface area contributed by atoms with Crippen molar-refractivity contribution < 1.29 is 9.90 Å². The summed E-state index contributed by atoms with van der Waals surface area (Å²) in [7, 11) is 0. The molecule has 3 N–H and O–H groups in total. The maximum absolute atomic E-state index is 12.1. The van der Waals surface area contributed by atoms with E-state index in [2.05, 4.69) is 15.3 Å². The summed E-state index contributed by atoms with van der Waals surface area (Å²) in [5.41, 5.74) is 0.467. The number of hydrogen-bond acceptors (Lipinski definition) is 5. The highest BCUT2D eigenvalue weighted by atomic mass is 32.2. The number of aliphatic hydroxyl groups excluding tert-OH is 1. The van der Waals surface area contributed by atoms with Crippen LogP contribution in [0.4, 0.5) is 0 Å². The fourth-order valence-corrected chi connectivity index (χ4v) is 2.29. The van der Waals surface area contributed by atoms with Gasteiger partial charge in [-0.3, -0.25) is 4.79 Å². The Balaban J connectivity index is 2.74. The van der Waals surface area contributed by atoms with Gasteiger partial charge >= 0.3 is 5.69 Å². The normalized spacial score (nSPS) is 12.2. The van der Waals surface area contributed by atoms with Crippen LogP contribution in [0.15, 0.2) is 9.82 Å². The predicted octanol–water partition coefficient (Wildman–Crippen LogP) is 0.691. The van der Waals surface area contributed by atoms with Crippen LogP contribution in [0.1, 0.15) is 35.8 Å². The van der Waals surface area contributed by atoms with Gasteiger partial charge in [-0.2, -0.15) is 4.98 Å². The average Bonchev–Trinajstić information content (AvgIpc) is 2.33. The zero-order valence-corrected chi connectivity index (χ0v) is 12.1. The van der Waals surface area contributed by atoms with Gasteiger partial charge in [-0.05, 0) is 32.9 Å². The fraction of sp³-hybridized carbons (Fsp3) is 0.583. The van der Waals surface area contributed by atoms with Gasteiger partial charge in [0.1, 0.15) is 5.03 Å². The Morgan fingerprint density at radius 3 is 2.84 bits per heavy atom. The van der Waals surface area contributed by atoms with E-state index in [0.717, 1.165) is 0 Å². The van der Waals surface area contributed by atoms with Gasteiger partial charge in [-0.15, -0.1) is 11.8 Å². The third kappa shape index (κ3) is 4.68. The summed E-state index contributed by atoms with van der Waals surface area (Å²) in [6.07, 6.45) is 2.74. The lowest BCUT2D eigenvalue weighted by Crippen LogP contribution is -2.29. The van der Waals surface area contributed by atoms with Crippen molar-refractivity contribution in [1.82, 2.24) is 15.3 Å². The van der Waals surface area contributed by atoms with Crippen LogP contribution in [0.25, 0.3) is 0 Å². The van der Waals surface area contributed by atoms with Gasteiger partial charge in [0.05, 0.1) is 11.7 Å². The minimum Gasteiger partial charge on any atom is -0.393 e. The molecule has 1 heterocycles. The smallest absolute Gasteiger partial charge is 0.346 e. The van der Waals surface area contributed by atoms with E-state index >= 15 is 0 Å². The maximum Gasteiger partial charge on any atom is 0.346 e. The number of aromatic nitrogens is 2. The van der Waals surface area contributed by atoms with Crippen molar-refractivity contribution in [3.05, 3.63) is 21.7 Å². The summed E-state index contributed by atoms with van der Waals surface area (Å²) >= 11 is 1.26. The van der Waals surface area contributed by atoms with Crippen LogP contribution in [-0.2, 0) is 0 Å². The molecule has 1 aromatic heterocycles. The Bertz CT molecular complexity index is 499. The number of carbonyl (C=O) groups is 1. The highest BCUT2D eigenvalue weighted by molar-refractivity contribution is 7.98. The first-order valence-corrected chi connectivity index (χ1v) is 7.29. The average molecular weight is 285 g/mol. The van der Waals surface area contributed by atoms with E-state index in [-0.39, 0.29) is 12.0 Å². The topological polar surface area (TPSA) is 95.1 Å². The standard InChI is InChI=1S/C12H19N3O3S/c1-7(16)5-4-6-13-10(17)9-8(2)14-12(18)15-11(9)19-3/h7,16H,4-6H2,1-3H3,(H,13,17)(H,14,15,18). The minimum atomic E-state index is -0.451. The van der Waals surface area contributed by atoms with E-state index in [0.29, 0.717) is 35.7 Å².